The molecule has 4 nitrogen and oxygen atoms in total. The standard InChI is InChI=1S/C21H24N2O2S/c1-4-18-15(3)23-20-9-7-6-8-19(20)21(18)22-14-16-10-12-17(13-11-16)26(24,25)5-2/h6-13H,4-5,14H2,1-3H3,(H,22,23). The first-order valence-corrected chi connectivity index (χ1v) is 10.5. The van der Waals surface area contributed by atoms with Gasteiger partial charge >= 0.3 is 0 Å². The van der Waals surface area contributed by atoms with E-state index in [-0.39, 0.29) is 5.75 Å². The van der Waals surface area contributed by atoms with E-state index in [1.807, 2.05) is 37.3 Å². The highest BCUT2D eigenvalue weighted by molar-refractivity contribution is 7.91. The Morgan fingerprint density at radius 3 is 2.35 bits per heavy atom. The van der Waals surface area contributed by atoms with E-state index in [2.05, 4.69) is 18.3 Å². The summed E-state index contributed by atoms with van der Waals surface area (Å²) in [6.07, 6.45) is 0.902. The van der Waals surface area contributed by atoms with Crippen molar-refractivity contribution in [1.82, 2.24) is 4.98 Å². The zero-order chi connectivity index (χ0) is 18.7. The molecule has 0 saturated carbocycles. The van der Waals surface area contributed by atoms with E-state index >= 15 is 0 Å². The van der Waals surface area contributed by atoms with Gasteiger partial charge in [0.25, 0.3) is 0 Å². The number of hydrogen-bond acceptors (Lipinski definition) is 4. The summed E-state index contributed by atoms with van der Waals surface area (Å²) in [4.78, 5) is 5.08. The molecule has 136 valence electrons. The fourth-order valence-corrected chi connectivity index (χ4v) is 4.06. The van der Waals surface area contributed by atoms with Crippen LogP contribution in [0.1, 0.15) is 30.7 Å². The number of para-hydroxylation sites is 1. The lowest BCUT2D eigenvalue weighted by atomic mass is 10.0. The number of aromatic nitrogens is 1. The van der Waals surface area contributed by atoms with Crippen LogP contribution in [0.15, 0.2) is 53.4 Å². The molecule has 3 aromatic rings. The number of benzene rings is 2. The van der Waals surface area contributed by atoms with E-state index in [1.54, 1.807) is 19.1 Å². The molecule has 0 aliphatic heterocycles. The topological polar surface area (TPSA) is 59.1 Å². The second-order valence-corrected chi connectivity index (χ2v) is 8.60. The molecule has 0 spiro atoms. The lowest BCUT2D eigenvalue weighted by molar-refractivity contribution is 0.597. The van der Waals surface area contributed by atoms with Crippen LogP contribution in [0.2, 0.25) is 0 Å². The first kappa shape index (κ1) is 18.4. The molecule has 3 rings (SSSR count). The summed E-state index contributed by atoms with van der Waals surface area (Å²) in [5.74, 6) is 0.118. The van der Waals surface area contributed by atoms with Gasteiger partial charge in [0, 0.05) is 23.3 Å². The minimum atomic E-state index is -3.16. The van der Waals surface area contributed by atoms with Crippen molar-refractivity contribution in [3.63, 3.8) is 0 Å². The van der Waals surface area contributed by atoms with Gasteiger partial charge in [-0.3, -0.25) is 4.98 Å². The molecule has 26 heavy (non-hydrogen) atoms. The molecule has 2 aromatic carbocycles. The molecule has 0 aliphatic rings. The molecule has 0 bridgehead atoms. The summed E-state index contributed by atoms with van der Waals surface area (Å²) in [6.45, 7) is 6.47. The monoisotopic (exact) mass is 368 g/mol. The summed E-state index contributed by atoms with van der Waals surface area (Å²) in [5.41, 5.74) is 5.39. The molecule has 0 aliphatic carbocycles. The Morgan fingerprint density at radius 2 is 1.69 bits per heavy atom. The van der Waals surface area contributed by atoms with Gasteiger partial charge in [-0.15, -0.1) is 0 Å². The van der Waals surface area contributed by atoms with E-state index in [4.69, 9.17) is 4.98 Å². The number of nitrogens with zero attached hydrogens (tertiary/aromatic N) is 1. The molecule has 0 fully saturated rings. The Morgan fingerprint density at radius 1 is 1.00 bits per heavy atom. The van der Waals surface area contributed by atoms with Crippen LogP contribution >= 0.6 is 0 Å². The third-order valence-electron chi connectivity index (χ3n) is 4.69. The Bertz CT molecular complexity index is 1030. The molecule has 5 heteroatoms. The summed E-state index contributed by atoms with van der Waals surface area (Å²) in [7, 11) is -3.16. The molecule has 0 amide bonds. The van der Waals surface area contributed by atoms with E-state index in [1.165, 1.54) is 5.56 Å². The molecular weight excluding hydrogens is 344 g/mol. The third kappa shape index (κ3) is 3.58. The molecule has 1 N–H and O–H groups in total. The summed E-state index contributed by atoms with van der Waals surface area (Å²) < 4.78 is 23.9. The molecule has 0 unspecified atom stereocenters. The second kappa shape index (κ2) is 7.46. The zero-order valence-electron chi connectivity index (χ0n) is 15.4. The van der Waals surface area contributed by atoms with E-state index in [0.717, 1.165) is 34.3 Å². The Kier molecular flexibility index (Phi) is 5.28. The maximum Gasteiger partial charge on any atom is 0.178 e. The number of fused-ring (bicyclic) bond motifs is 1. The normalized spacial score (nSPS) is 11.7. The second-order valence-electron chi connectivity index (χ2n) is 6.32. The van der Waals surface area contributed by atoms with Gasteiger partial charge in [-0.05, 0) is 42.7 Å². The van der Waals surface area contributed by atoms with Crippen LogP contribution in [0, 0.1) is 6.92 Å². The van der Waals surface area contributed by atoms with Crippen molar-refractivity contribution in [2.45, 2.75) is 38.6 Å². The average Bonchev–Trinajstić information content (AvgIpc) is 2.66. The lowest BCUT2D eigenvalue weighted by Gasteiger charge is -2.16. The highest BCUT2D eigenvalue weighted by Crippen LogP contribution is 2.29. The number of rotatable bonds is 6. The van der Waals surface area contributed by atoms with Gasteiger partial charge in [-0.25, -0.2) is 8.42 Å². The van der Waals surface area contributed by atoms with Crippen molar-refractivity contribution < 1.29 is 8.42 Å². The maximum absolute atomic E-state index is 11.9. The fourth-order valence-electron chi connectivity index (χ4n) is 3.18. The predicted molar refractivity (Wildman–Crippen MR) is 107 cm³/mol. The number of hydrogen-bond donors (Lipinski definition) is 1. The SMILES string of the molecule is CCc1c(C)nc2ccccc2c1NCc1ccc(S(=O)(=O)CC)cc1. The average molecular weight is 369 g/mol. The van der Waals surface area contributed by atoms with Crippen LogP contribution in [0.3, 0.4) is 0 Å². The predicted octanol–water partition coefficient (Wildman–Crippen LogP) is 4.51. The van der Waals surface area contributed by atoms with Crippen molar-refractivity contribution >= 4 is 26.4 Å². The van der Waals surface area contributed by atoms with Crippen LogP contribution < -0.4 is 5.32 Å². The highest BCUT2D eigenvalue weighted by atomic mass is 32.2. The molecule has 0 radical (unpaired) electrons. The van der Waals surface area contributed by atoms with Crippen LogP contribution in [-0.2, 0) is 22.8 Å². The quantitative estimate of drug-likeness (QED) is 0.695. The van der Waals surface area contributed by atoms with Gasteiger partial charge in [0.2, 0.25) is 0 Å². The highest BCUT2D eigenvalue weighted by Gasteiger charge is 2.12. The van der Waals surface area contributed by atoms with Crippen molar-refractivity contribution in [1.29, 1.82) is 0 Å². The van der Waals surface area contributed by atoms with Gasteiger partial charge in [0.1, 0.15) is 0 Å². The molecule has 1 heterocycles. The van der Waals surface area contributed by atoms with Gasteiger partial charge < -0.3 is 5.32 Å². The summed E-state index contributed by atoms with van der Waals surface area (Å²) in [6, 6.07) is 15.2. The van der Waals surface area contributed by atoms with Crippen molar-refractivity contribution in [3.8, 4) is 0 Å². The van der Waals surface area contributed by atoms with Crippen LogP contribution in [0.25, 0.3) is 10.9 Å². The smallest absolute Gasteiger partial charge is 0.178 e. The number of anilines is 1. The largest absolute Gasteiger partial charge is 0.380 e. The first-order chi connectivity index (χ1) is 12.5. The van der Waals surface area contributed by atoms with Crippen LogP contribution in [0.4, 0.5) is 5.69 Å². The molecule has 1 aromatic heterocycles. The molecule has 0 atom stereocenters. The van der Waals surface area contributed by atoms with E-state index in [9.17, 15) is 8.42 Å². The van der Waals surface area contributed by atoms with Gasteiger partial charge in [-0.1, -0.05) is 44.2 Å². The fraction of sp³-hybridized carbons (Fsp3) is 0.286. The number of sulfone groups is 1. The first-order valence-electron chi connectivity index (χ1n) is 8.90. The number of aryl methyl sites for hydroxylation is 1. The summed E-state index contributed by atoms with van der Waals surface area (Å²) >= 11 is 0. The third-order valence-corrected chi connectivity index (χ3v) is 6.44. The van der Waals surface area contributed by atoms with E-state index < -0.39 is 9.84 Å². The van der Waals surface area contributed by atoms with Crippen LogP contribution in [-0.4, -0.2) is 19.2 Å². The van der Waals surface area contributed by atoms with E-state index in [0.29, 0.717) is 11.4 Å². The van der Waals surface area contributed by atoms with Gasteiger partial charge in [-0.2, -0.15) is 0 Å². The Hall–Kier alpha value is -2.40. The minimum absolute atomic E-state index is 0.118. The van der Waals surface area contributed by atoms with Gasteiger partial charge in [0.15, 0.2) is 9.84 Å². The zero-order valence-corrected chi connectivity index (χ0v) is 16.2. The Balaban J connectivity index is 1.90. The number of nitrogens with one attached hydrogen (secondary N) is 1. The number of pyridine rings is 1. The lowest BCUT2D eigenvalue weighted by Crippen LogP contribution is -2.07. The minimum Gasteiger partial charge on any atom is -0.380 e. The van der Waals surface area contributed by atoms with Crippen molar-refractivity contribution in [2.75, 3.05) is 11.1 Å². The van der Waals surface area contributed by atoms with Crippen molar-refractivity contribution in [2.24, 2.45) is 0 Å². The Labute approximate surface area is 155 Å². The van der Waals surface area contributed by atoms with Crippen molar-refractivity contribution in [3.05, 3.63) is 65.4 Å². The summed E-state index contributed by atoms with van der Waals surface area (Å²) in [5, 5.41) is 4.66. The van der Waals surface area contributed by atoms with Crippen LogP contribution in [0.5, 0.6) is 0 Å². The molecular formula is C21H24N2O2S. The molecule has 0 saturated heterocycles. The van der Waals surface area contributed by atoms with Gasteiger partial charge in [0.05, 0.1) is 16.2 Å². The maximum atomic E-state index is 11.9.